The van der Waals surface area contributed by atoms with Gasteiger partial charge in [0.25, 0.3) is 0 Å². The number of hydrogen-bond donors (Lipinski definition) is 1. The lowest BCUT2D eigenvalue weighted by atomic mass is 10.5. The van der Waals surface area contributed by atoms with Crippen molar-refractivity contribution in [1.82, 2.24) is 0 Å². The summed E-state index contributed by atoms with van der Waals surface area (Å²) in [6.07, 6.45) is 2.03. The van der Waals surface area contributed by atoms with Gasteiger partial charge in [-0.25, -0.2) is 0 Å². The van der Waals surface area contributed by atoms with Crippen LogP contribution in [-0.4, -0.2) is 170 Å². The highest BCUT2D eigenvalue weighted by molar-refractivity contribution is 6.87. The lowest BCUT2D eigenvalue weighted by Crippen LogP contribution is -2.52. The Morgan fingerprint density at radius 3 is 0.894 bits per heavy atom. The van der Waals surface area contributed by atoms with Crippen LogP contribution in [0.4, 0.5) is 0 Å². The minimum atomic E-state index is -2.18. The van der Waals surface area contributed by atoms with E-state index in [2.05, 4.69) is 39.3 Å². The van der Waals surface area contributed by atoms with Crippen molar-refractivity contribution >= 4 is 25.2 Å². The monoisotopic (exact) mass is 734 g/mol. The van der Waals surface area contributed by atoms with E-state index < -0.39 is 25.2 Å². The summed E-state index contributed by atoms with van der Waals surface area (Å²) in [5.74, 6) is 0. The lowest BCUT2D eigenvalue weighted by molar-refractivity contribution is -0.0255. The summed E-state index contributed by atoms with van der Waals surface area (Å²) in [4.78, 5) is 0. The molecule has 0 spiro atoms. The molecular weight excluding hydrogens is 665 g/mol. The molecule has 13 nitrogen and oxygen atoms in total. The third-order valence-electron chi connectivity index (χ3n) is 6.45. The first kappa shape index (κ1) is 47.1. The van der Waals surface area contributed by atoms with E-state index in [1.807, 2.05) is 0 Å². The Morgan fingerprint density at radius 2 is 0.617 bits per heavy atom. The molecule has 0 saturated carbocycles. The van der Waals surface area contributed by atoms with Crippen LogP contribution in [0.25, 0.3) is 0 Å². The van der Waals surface area contributed by atoms with E-state index in [1.54, 1.807) is 7.11 Å². The van der Waals surface area contributed by atoms with Gasteiger partial charge in [-0.2, -0.15) is 0 Å². The Balaban J connectivity index is 3.42. The first-order chi connectivity index (χ1) is 22.5. The predicted molar refractivity (Wildman–Crippen MR) is 190 cm³/mol. The van der Waals surface area contributed by atoms with E-state index in [-0.39, 0.29) is 6.61 Å². The quantitative estimate of drug-likeness (QED) is 0.0732. The number of methoxy groups -OCH3 is 1. The van der Waals surface area contributed by atoms with Crippen LogP contribution >= 0.6 is 0 Å². The normalized spacial score (nSPS) is 12.8. The molecule has 1 N–H and O–H groups in total. The Morgan fingerprint density at radius 1 is 0.362 bits per heavy atom. The fraction of sp³-hybridized carbons (Fsp3) is 1.00. The average Bonchev–Trinajstić information content (AvgIpc) is 2.99. The largest absolute Gasteiger partial charge is 0.437 e. The summed E-state index contributed by atoms with van der Waals surface area (Å²) in [6.45, 7) is 23.7. The van der Waals surface area contributed by atoms with Crippen LogP contribution < -0.4 is 0 Å². The molecule has 0 aliphatic heterocycles. The number of ether oxygens (including phenoxy) is 10. The van der Waals surface area contributed by atoms with Crippen LogP contribution in [0, 0.1) is 0 Å². The van der Waals surface area contributed by atoms with Gasteiger partial charge in [-0.15, -0.1) is 0 Å². The summed E-state index contributed by atoms with van der Waals surface area (Å²) >= 11 is 0. The van der Waals surface area contributed by atoms with Gasteiger partial charge in [0.2, 0.25) is 0 Å². The van der Waals surface area contributed by atoms with E-state index in [0.717, 1.165) is 31.5 Å². The van der Waals surface area contributed by atoms with Crippen LogP contribution in [0.5, 0.6) is 0 Å². The molecule has 0 aromatic heterocycles. The number of rotatable bonds is 38. The third-order valence-corrected chi connectivity index (χ3v) is 17.9. The molecule has 0 fully saturated rings. The van der Waals surface area contributed by atoms with Gasteiger partial charge in [0.05, 0.1) is 119 Å². The molecule has 0 aromatic carbocycles. The van der Waals surface area contributed by atoms with Gasteiger partial charge in [0.1, 0.15) is 0 Å². The van der Waals surface area contributed by atoms with Crippen LogP contribution in [-0.2, 0) is 55.6 Å². The van der Waals surface area contributed by atoms with Gasteiger partial charge in [-0.1, -0.05) is 0 Å². The molecule has 0 aromatic rings. The van der Waals surface area contributed by atoms with E-state index in [9.17, 15) is 0 Å². The molecule has 0 bridgehead atoms. The Kier molecular flexibility index (Phi) is 32.2. The standard InChI is InChI=1S/C31H70O13Si3/c1-33-11-8-30-45(2,3)43-47(6,7)44-46(4,5)31-9-12-34-14-16-36-18-20-38-22-24-40-26-28-42-29-27-41-25-23-39-21-19-37-17-15-35-13-10-32/h32H,8-31H2,1-7H3. The van der Waals surface area contributed by atoms with E-state index in [1.165, 1.54) is 0 Å². The van der Waals surface area contributed by atoms with Crippen LogP contribution in [0.3, 0.4) is 0 Å². The molecule has 0 saturated heterocycles. The number of aliphatic hydroxyl groups excluding tert-OH is 1. The first-order valence-electron chi connectivity index (χ1n) is 17.2. The van der Waals surface area contributed by atoms with Gasteiger partial charge in [-0.05, 0) is 64.2 Å². The molecule has 0 atom stereocenters. The Bertz CT molecular complexity index is 664. The van der Waals surface area contributed by atoms with Crippen molar-refractivity contribution in [2.45, 2.75) is 64.2 Å². The minimum absolute atomic E-state index is 0.0271. The second-order valence-corrected chi connectivity index (χ2v) is 25.0. The smallest absolute Gasteiger partial charge is 0.311 e. The van der Waals surface area contributed by atoms with Crippen molar-refractivity contribution in [3.63, 3.8) is 0 Å². The van der Waals surface area contributed by atoms with Gasteiger partial charge >= 0.3 is 8.56 Å². The maximum absolute atomic E-state index is 8.59. The fourth-order valence-electron chi connectivity index (χ4n) is 4.62. The van der Waals surface area contributed by atoms with Crippen molar-refractivity contribution in [2.24, 2.45) is 0 Å². The van der Waals surface area contributed by atoms with Crippen molar-refractivity contribution < 1.29 is 60.7 Å². The van der Waals surface area contributed by atoms with Gasteiger partial charge in [0.15, 0.2) is 16.6 Å². The zero-order chi connectivity index (χ0) is 35.0. The second kappa shape index (κ2) is 32.1. The molecule has 47 heavy (non-hydrogen) atoms. The molecule has 16 heteroatoms. The highest BCUT2D eigenvalue weighted by atomic mass is 28.5. The van der Waals surface area contributed by atoms with Crippen molar-refractivity contribution in [3.8, 4) is 0 Å². The third kappa shape index (κ3) is 35.7. The van der Waals surface area contributed by atoms with E-state index in [0.29, 0.717) is 119 Å². The molecule has 0 unspecified atom stereocenters. The SMILES string of the molecule is COCCC[Si](C)(C)O[Si](C)(C)O[Si](C)(C)CCCOCCOCCOCCOCCOCCOCCOCCOCCOCCO. The van der Waals surface area contributed by atoms with Crippen molar-refractivity contribution in [1.29, 1.82) is 0 Å². The van der Waals surface area contributed by atoms with Crippen molar-refractivity contribution in [2.75, 3.05) is 139 Å². The second-order valence-electron chi connectivity index (χ2n) is 12.6. The summed E-state index contributed by atoms with van der Waals surface area (Å²) in [6, 6.07) is 2.14. The maximum atomic E-state index is 8.59. The molecule has 0 aliphatic rings. The lowest BCUT2D eigenvalue weighted by Gasteiger charge is -2.38. The highest BCUT2D eigenvalue weighted by Crippen LogP contribution is 2.26. The predicted octanol–water partition coefficient (Wildman–Crippen LogP) is 3.70. The van der Waals surface area contributed by atoms with Gasteiger partial charge in [0, 0.05) is 20.3 Å². The summed E-state index contributed by atoms with van der Waals surface area (Å²) in [7, 11) is -4.01. The van der Waals surface area contributed by atoms with E-state index in [4.69, 9.17) is 60.7 Å². The summed E-state index contributed by atoms with van der Waals surface area (Å²) in [5.41, 5.74) is 0. The maximum Gasteiger partial charge on any atom is 0.311 e. The Labute approximate surface area is 288 Å². The Hall–Kier alpha value is 0.131. The molecule has 0 aliphatic carbocycles. The first-order valence-corrected chi connectivity index (χ1v) is 26.3. The molecule has 0 amide bonds. The summed E-state index contributed by atoms with van der Waals surface area (Å²) < 4.78 is 67.7. The molecule has 284 valence electrons. The molecular formula is C31H70O13Si3. The number of aliphatic hydroxyl groups is 1. The van der Waals surface area contributed by atoms with E-state index >= 15 is 0 Å². The fourth-order valence-corrected chi connectivity index (χ4v) is 18.6. The molecule has 0 radical (unpaired) electrons. The summed E-state index contributed by atoms with van der Waals surface area (Å²) in [5, 5.41) is 8.59. The van der Waals surface area contributed by atoms with Crippen LogP contribution in [0.2, 0.25) is 51.4 Å². The van der Waals surface area contributed by atoms with Gasteiger partial charge < -0.3 is 60.7 Å². The number of hydrogen-bond acceptors (Lipinski definition) is 13. The zero-order valence-electron chi connectivity index (χ0n) is 30.8. The van der Waals surface area contributed by atoms with Crippen molar-refractivity contribution in [3.05, 3.63) is 0 Å². The molecule has 0 heterocycles. The zero-order valence-corrected chi connectivity index (χ0v) is 33.8. The molecule has 0 rings (SSSR count). The minimum Gasteiger partial charge on any atom is -0.437 e. The van der Waals surface area contributed by atoms with Gasteiger partial charge in [-0.3, -0.25) is 0 Å². The average molecular weight is 735 g/mol. The van der Waals surface area contributed by atoms with Crippen LogP contribution in [0.15, 0.2) is 0 Å². The highest BCUT2D eigenvalue weighted by Gasteiger charge is 2.39. The van der Waals surface area contributed by atoms with Crippen LogP contribution in [0.1, 0.15) is 12.8 Å². The topological polar surface area (TPSA) is 131 Å².